The quantitative estimate of drug-likeness (QED) is 0.230. The van der Waals surface area contributed by atoms with Crippen LogP contribution in [0.3, 0.4) is 0 Å². The lowest BCUT2D eigenvalue weighted by Gasteiger charge is -2.09. The summed E-state index contributed by atoms with van der Waals surface area (Å²) in [7, 11) is -3.31. The number of hydrogen-bond donors (Lipinski definition) is 3. The van der Waals surface area contributed by atoms with Gasteiger partial charge in [-0.25, -0.2) is 13.4 Å². The number of H-pyrrole nitrogens is 1. The fourth-order valence-electron chi connectivity index (χ4n) is 4.46. The van der Waals surface area contributed by atoms with Crippen molar-refractivity contribution < 1.29 is 18.0 Å². The van der Waals surface area contributed by atoms with Gasteiger partial charge in [0, 0.05) is 24.4 Å². The summed E-state index contributed by atoms with van der Waals surface area (Å²) in [5.41, 5.74) is 4.06. The summed E-state index contributed by atoms with van der Waals surface area (Å²) in [5, 5.41) is 11.4. The van der Waals surface area contributed by atoms with Crippen LogP contribution >= 0.6 is 11.3 Å². The minimum atomic E-state index is -3.31. The molecule has 3 aromatic carbocycles. The minimum Gasteiger partial charge on any atom is -0.348 e. The molecule has 41 heavy (non-hydrogen) atoms. The number of nitrogens with one attached hydrogen (secondary N) is 3. The van der Waals surface area contributed by atoms with Crippen molar-refractivity contribution in [3.63, 3.8) is 0 Å². The highest BCUT2D eigenvalue weighted by molar-refractivity contribution is 7.90. The molecule has 0 saturated heterocycles. The molecular weight excluding hydrogens is 558 g/mol. The number of carbonyl (C=O) groups is 2. The molecule has 6 rings (SSSR count). The van der Waals surface area contributed by atoms with Gasteiger partial charge >= 0.3 is 0 Å². The third kappa shape index (κ3) is 5.58. The summed E-state index contributed by atoms with van der Waals surface area (Å²) in [5.74, 6) is -0.607. The molecule has 3 aromatic heterocycles. The third-order valence-corrected chi connectivity index (χ3v) is 8.40. The topological polar surface area (TPSA) is 134 Å². The lowest BCUT2D eigenvalue weighted by molar-refractivity contribution is 0.0951. The number of pyridine rings is 1. The molecule has 3 heterocycles. The molecule has 0 fully saturated rings. The van der Waals surface area contributed by atoms with E-state index < -0.39 is 15.7 Å². The molecule has 3 N–H and O–H groups in total. The SMILES string of the molecule is CS(=O)(=O)c1ccc(CNC(=O)c2cc(-c3ccsc3)cc3[nH]c(NC(=O)c4cc5ccccc5cn4)nc23)cc1. The number of imidazole rings is 1. The van der Waals surface area contributed by atoms with Crippen LogP contribution in [0.15, 0.2) is 94.6 Å². The normalized spacial score (nSPS) is 11.5. The summed E-state index contributed by atoms with van der Waals surface area (Å²) in [6.45, 7) is 0.189. The molecule has 9 nitrogen and oxygen atoms in total. The van der Waals surface area contributed by atoms with Gasteiger partial charge in [-0.05, 0) is 69.2 Å². The first-order chi connectivity index (χ1) is 19.7. The highest BCUT2D eigenvalue weighted by Gasteiger charge is 2.19. The van der Waals surface area contributed by atoms with E-state index in [0.29, 0.717) is 16.6 Å². The van der Waals surface area contributed by atoms with Gasteiger partial charge in [0.05, 0.1) is 16.0 Å². The number of benzene rings is 3. The second-order valence-electron chi connectivity index (χ2n) is 9.49. The first-order valence-electron chi connectivity index (χ1n) is 12.5. The number of carbonyl (C=O) groups excluding carboxylic acids is 2. The molecule has 6 aromatic rings. The van der Waals surface area contributed by atoms with E-state index in [1.54, 1.807) is 41.8 Å². The Kier molecular flexibility index (Phi) is 6.82. The van der Waals surface area contributed by atoms with Crippen LogP contribution in [-0.4, -0.2) is 41.4 Å². The molecule has 204 valence electrons. The Morgan fingerprint density at radius 1 is 0.927 bits per heavy atom. The zero-order valence-corrected chi connectivity index (χ0v) is 23.3. The number of aromatic amines is 1. The van der Waals surface area contributed by atoms with E-state index in [1.165, 1.54) is 12.1 Å². The average Bonchev–Trinajstić information content (AvgIpc) is 3.65. The van der Waals surface area contributed by atoms with Crippen molar-refractivity contribution in [2.75, 3.05) is 11.6 Å². The van der Waals surface area contributed by atoms with Crippen molar-refractivity contribution in [2.45, 2.75) is 11.4 Å². The molecule has 0 spiro atoms. The maximum atomic E-state index is 13.4. The molecular formula is C30H23N5O4S2. The zero-order valence-electron chi connectivity index (χ0n) is 21.7. The zero-order chi connectivity index (χ0) is 28.6. The summed E-state index contributed by atoms with van der Waals surface area (Å²) in [6, 6.07) is 21.3. The van der Waals surface area contributed by atoms with Gasteiger partial charge in [-0.15, -0.1) is 0 Å². The number of fused-ring (bicyclic) bond motifs is 2. The van der Waals surface area contributed by atoms with E-state index in [2.05, 4.69) is 25.6 Å². The van der Waals surface area contributed by atoms with E-state index in [9.17, 15) is 18.0 Å². The van der Waals surface area contributed by atoms with Crippen molar-refractivity contribution in [1.29, 1.82) is 0 Å². The Hall–Kier alpha value is -4.87. The maximum Gasteiger partial charge on any atom is 0.276 e. The van der Waals surface area contributed by atoms with Crippen LogP contribution in [0.2, 0.25) is 0 Å². The number of hydrogen-bond acceptors (Lipinski definition) is 7. The molecule has 0 aliphatic heterocycles. The number of nitrogens with zero attached hydrogens (tertiary/aromatic N) is 2. The van der Waals surface area contributed by atoms with Crippen molar-refractivity contribution >= 4 is 60.7 Å². The summed E-state index contributed by atoms with van der Waals surface area (Å²) >= 11 is 1.54. The molecule has 0 aliphatic carbocycles. The molecule has 11 heteroatoms. The van der Waals surface area contributed by atoms with Gasteiger partial charge in [0.1, 0.15) is 11.2 Å². The monoisotopic (exact) mass is 581 g/mol. The number of anilines is 1. The van der Waals surface area contributed by atoms with E-state index in [-0.39, 0.29) is 29.0 Å². The molecule has 2 amide bonds. The molecule has 0 unspecified atom stereocenters. The van der Waals surface area contributed by atoms with Gasteiger partial charge in [0.15, 0.2) is 9.84 Å². The Balaban J connectivity index is 1.29. The summed E-state index contributed by atoms with van der Waals surface area (Å²) < 4.78 is 23.5. The number of amides is 2. The number of thiophene rings is 1. The number of rotatable bonds is 7. The highest BCUT2D eigenvalue weighted by Crippen LogP contribution is 2.29. The molecule has 0 atom stereocenters. The first-order valence-corrected chi connectivity index (χ1v) is 15.4. The Bertz CT molecular complexity index is 2030. The molecule has 0 bridgehead atoms. The van der Waals surface area contributed by atoms with Crippen molar-refractivity contribution in [2.24, 2.45) is 0 Å². The Labute approximate surface area is 239 Å². The van der Waals surface area contributed by atoms with Crippen LogP contribution < -0.4 is 10.6 Å². The lowest BCUT2D eigenvalue weighted by atomic mass is 10.0. The number of sulfone groups is 1. The standard InChI is InChI=1S/C30H23N5O4S2/c1-41(38,39)23-8-6-18(7-9-23)15-32-28(36)24-12-22(21-10-11-40-17-21)14-25-27(24)34-30(33-25)35-29(37)26-13-19-4-2-3-5-20(19)16-31-26/h2-14,16-17H,15H2,1H3,(H,32,36)(H2,33,34,35,37). The molecule has 0 radical (unpaired) electrons. The van der Waals surface area contributed by atoms with Crippen molar-refractivity contribution in [3.05, 3.63) is 107 Å². The fraction of sp³-hybridized carbons (Fsp3) is 0.0667. The van der Waals surface area contributed by atoms with Crippen LogP contribution in [0.25, 0.3) is 32.9 Å². The van der Waals surface area contributed by atoms with Gasteiger partial charge in [0.2, 0.25) is 5.95 Å². The van der Waals surface area contributed by atoms with Gasteiger partial charge in [-0.1, -0.05) is 36.4 Å². The van der Waals surface area contributed by atoms with E-state index in [4.69, 9.17) is 0 Å². The van der Waals surface area contributed by atoms with Crippen LogP contribution in [0, 0.1) is 0 Å². The second-order valence-corrected chi connectivity index (χ2v) is 12.3. The van der Waals surface area contributed by atoms with Gasteiger partial charge in [0.25, 0.3) is 11.8 Å². The Morgan fingerprint density at radius 3 is 2.44 bits per heavy atom. The predicted octanol–water partition coefficient (Wildman–Crippen LogP) is 5.43. The third-order valence-electron chi connectivity index (χ3n) is 6.59. The van der Waals surface area contributed by atoms with E-state index in [1.807, 2.05) is 47.2 Å². The van der Waals surface area contributed by atoms with Crippen LogP contribution in [0.5, 0.6) is 0 Å². The Morgan fingerprint density at radius 2 is 1.71 bits per heavy atom. The van der Waals surface area contributed by atoms with E-state index in [0.717, 1.165) is 33.7 Å². The van der Waals surface area contributed by atoms with Gasteiger partial charge in [-0.2, -0.15) is 11.3 Å². The van der Waals surface area contributed by atoms with Gasteiger partial charge in [-0.3, -0.25) is 19.9 Å². The maximum absolute atomic E-state index is 13.4. The smallest absolute Gasteiger partial charge is 0.276 e. The number of aromatic nitrogens is 3. The van der Waals surface area contributed by atoms with Gasteiger partial charge < -0.3 is 10.3 Å². The first kappa shape index (κ1) is 26.4. The summed E-state index contributed by atoms with van der Waals surface area (Å²) in [6.07, 6.45) is 2.79. The average molecular weight is 582 g/mol. The van der Waals surface area contributed by atoms with Crippen LogP contribution in [-0.2, 0) is 16.4 Å². The van der Waals surface area contributed by atoms with E-state index >= 15 is 0 Å². The van der Waals surface area contributed by atoms with Crippen LogP contribution in [0.1, 0.15) is 26.4 Å². The highest BCUT2D eigenvalue weighted by atomic mass is 32.2. The van der Waals surface area contributed by atoms with Crippen LogP contribution in [0.4, 0.5) is 5.95 Å². The predicted molar refractivity (Wildman–Crippen MR) is 160 cm³/mol. The van der Waals surface area contributed by atoms with Crippen molar-refractivity contribution in [3.8, 4) is 11.1 Å². The lowest BCUT2D eigenvalue weighted by Crippen LogP contribution is -2.23. The second kappa shape index (κ2) is 10.6. The molecule has 0 saturated carbocycles. The fourth-order valence-corrected chi connectivity index (χ4v) is 5.75. The molecule has 0 aliphatic rings. The van der Waals surface area contributed by atoms with Crippen molar-refractivity contribution in [1.82, 2.24) is 20.3 Å². The largest absolute Gasteiger partial charge is 0.348 e. The minimum absolute atomic E-state index is 0.188. The summed E-state index contributed by atoms with van der Waals surface area (Å²) in [4.78, 5) is 38.5.